The fraction of sp³-hybridized carbons (Fsp3) is 0.478. The van der Waals surface area contributed by atoms with Crippen LogP contribution in [-0.2, 0) is 23.0 Å². The fourth-order valence-corrected chi connectivity index (χ4v) is 7.42. The van der Waals surface area contributed by atoms with Gasteiger partial charge in [-0.2, -0.15) is 4.31 Å². The summed E-state index contributed by atoms with van der Waals surface area (Å²) in [6, 6.07) is 6.01. The SMILES string of the molecule is CCC[NH+]1CCc2c(sc(NC(=O)c3ccc(S(=O)(=O)N4CCCC4)cc3)c2C(=O)NC)C1. The third-order valence-corrected chi connectivity index (χ3v) is 9.39. The average molecular weight is 492 g/mol. The molecule has 2 aliphatic rings. The van der Waals surface area contributed by atoms with Gasteiger partial charge in [0.2, 0.25) is 10.0 Å². The van der Waals surface area contributed by atoms with Crippen LogP contribution in [0.5, 0.6) is 0 Å². The Kier molecular flexibility index (Phi) is 7.18. The molecule has 4 rings (SSSR count). The number of hydrogen-bond donors (Lipinski definition) is 3. The molecule has 178 valence electrons. The van der Waals surface area contributed by atoms with Crippen molar-refractivity contribution in [3.63, 3.8) is 0 Å². The molecular weight excluding hydrogens is 460 g/mol. The van der Waals surface area contributed by atoms with Crippen molar-refractivity contribution in [2.24, 2.45) is 0 Å². The number of amides is 2. The quantitative estimate of drug-likeness (QED) is 0.547. The average Bonchev–Trinajstić information content (AvgIpc) is 3.47. The number of nitrogens with one attached hydrogen (secondary N) is 3. The summed E-state index contributed by atoms with van der Waals surface area (Å²) in [5.74, 6) is -0.560. The maximum atomic E-state index is 13.0. The van der Waals surface area contributed by atoms with Crippen LogP contribution in [0.2, 0.25) is 0 Å². The highest BCUT2D eigenvalue weighted by molar-refractivity contribution is 7.89. The van der Waals surface area contributed by atoms with Crippen LogP contribution in [0, 0.1) is 0 Å². The van der Waals surface area contributed by atoms with Gasteiger partial charge in [0.1, 0.15) is 11.5 Å². The van der Waals surface area contributed by atoms with E-state index in [0.29, 0.717) is 29.2 Å². The molecule has 0 radical (unpaired) electrons. The lowest BCUT2D eigenvalue weighted by Gasteiger charge is -2.23. The van der Waals surface area contributed by atoms with E-state index >= 15 is 0 Å². The number of benzene rings is 1. The molecule has 0 spiro atoms. The standard InChI is InChI=1S/C23H30N4O4S2/c1-3-11-26-14-10-18-19(15-26)32-23(20(18)22(29)24-2)25-21(28)16-6-8-17(9-7-16)33(30,31)27-12-4-5-13-27/h6-9H,3-5,10-15H2,1-2H3,(H,24,29)(H,25,28)/p+1. The number of quaternary nitrogens is 1. The van der Waals surface area contributed by atoms with Gasteiger partial charge in [-0.05, 0) is 49.1 Å². The number of carbonyl (C=O) groups is 2. The predicted octanol–water partition coefficient (Wildman–Crippen LogP) is 1.50. The number of sulfonamides is 1. The third kappa shape index (κ3) is 4.84. The van der Waals surface area contributed by atoms with E-state index < -0.39 is 10.0 Å². The number of carbonyl (C=O) groups excluding carboxylic acids is 2. The second-order valence-corrected chi connectivity index (χ2v) is 11.6. The second-order valence-electron chi connectivity index (χ2n) is 8.55. The number of anilines is 1. The molecule has 33 heavy (non-hydrogen) atoms. The molecule has 3 heterocycles. The van der Waals surface area contributed by atoms with E-state index in [2.05, 4.69) is 17.6 Å². The molecule has 1 atom stereocenters. The molecule has 0 aliphatic carbocycles. The minimum atomic E-state index is -3.53. The lowest BCUT2D eigenvalue weighted by Crippen LogP contribution is -3.11. The van der Waals surface area contributed by atoms with Crippen molar-refractivity contribution in [2.75, 3.05) is 38.5 Å². The Morgan fingerprint density at radius 3 is 2.45 bits per heavy atom. The van der Waals surface area contributed by atoms with Crippen LogP contribution in [0.25, 0.3) is 0 Å². The minimum Gasteiger partial charge on any atom is -0.355 e. The van der Waals surface area contributed by atoms with E-state index in [-0.39, 0.29) is 16.7 Å². The largest absolute Gasteiger partial charge is 0.355 e. The van der Waals surface area contributed by atoms with Crippen molar-refractivity contribution in [1.29, 1.82) is 0 Å². The molecular formula is C23H31N4O4S2+. The van der Waals surface area contributed by atoms with Gasteiger partial charge < -0.3 is 15.5 Å². The first-order valence-corrected chi connectivity index (χ1v) is 13.7. The van der Waals surface area contributed by atoms with Gasteiger partial charge in [0.25, 0.3) is 11.8 Å². The topological polar surface area (TPSA) is 100 Å². The maximum absolute atomic E-state index is 13.0. The Hall–Kier alpha value is -2.27. The van der Waals surface area contributed by atoms with Crippen molar-refractivity contribution in [3.8, 4) is 0 Å². The van der Waals surface area contributed by atoms with Crippen LogP contribution in [0.15, 0.2) is 29.2 Å². The van der Waals surface area contributed by atoms with Gasteiger partial charge in [-0.25, -0.2) is 8.42 Å². The molecule has 0 bridgehead atoms. The Morgan fingerprint density at radius 2 is 1.82 bits per heavy atom. The molecule has 10 heteroatoms. The highest BCUT2D eigenvalue weighted by atomic mass is 32.2. The molecule has 1 unspecified atom stereocenters. The molecule has 1 aromatic carbocycles. The number of rotatable bonds is 7. The van der Waals surface area contributed by atoms with Crippen LogP contribution in [0.4, 0.5) is 5.00 Å². The summed E-state index contributed by atoms with van der Waals surface area (Å²) in [6.07, 6.45) is 3.65. The Labute approximate surface area is 199 Å². The summed E-state index contributed by atoms with van der Waals surface area (Å²) < 4.78 is 26.9. The molecule has 1 aromatic heterocycles. The molecule has 8 nitrogen and oxygen atoms in total. The number of fused-ring (bicyclic) bond motifs is 1. The summed E-state index contributed by atoms with van der Waals surface area (Å²) in [4.78, 5) is 28.4. The molecule has 1 fully saturated rings. The first-order chi connectivity index (χ1) is 15.8. The van der Waals surface area contributed by atoms with E-state index in [1.54, 1.807) is 7.05 Å². The van der Waals surface area contributed by atoms with E-state index in [1.165, 1.54) is 44.8 Å². The lowest BCUT2D eigenvalue weighted by molar-refractivity contribution is -0.915. The van der Waals surface area contributed by atoms with Crippen molar-refractivity contribution in [3.05, 3.63) is 45.8 Å². The molecule has 2 amide bonds. The molecule has 1 saturated heterocycles. The van der Waals surface area contributed by atoms with Crippen LogP contribution >= 0.6 is 11.3 Å². The van der Waals surface area contributed by atoms with Gasteiger partial charge in [0.15, 0.2) is 0 Å². The van der Waals surface area contributed by atoms with E-state index in [4.69, 9.17) is 0 Å². The van der Waals surface area contributed by atoms with Crippen LogP contribution in [0.1, 0.15) is 57.3 Å². The van der Waals surface area contributed by atoms with Gasteiger partial charge in [-0.1, -0.05) is 6.92 Å². The van der Waals surface area contributed by atoms with Crippen LogP contribution in [0.3, 0.4) is 0 Å². The van der Waals surface area contributed by atoms with E-state index in [1.807, 2.05) is 0 Å². The third-order valence-electron chi connectivity index (χ3n) is 6.33. The van der Waals surface area contributed by atoms with Crippen molar-refractivity contribution in [1.82, 2.24) is 9.62 Å². The molecule has 2 aliphatic heterocycles. The normalized spacial score (nSPS) is 18.7. The summed E-state index contributed by atoms with van der Waals surface area (Å²) >= 11 is 1.47. The van der Waals surface area contributed by atoms with Crippen molar-refractivity contribution in [2.45, 2.75) is 44.0 Å². The molecule has 0 saturated carbocycles. The summed E-state index contributed by atoms with van der Waals surface area (Å²) in [6.45, 7) is 6.15. The zero-order valence-corrected chi connectivity index (χ0v) is 20.7. The summed E-state index contributed by atoms with van der Waals surface area (Å²) in [5.41, 5.74) is 1.93. The number of thiophene rings is 1. The lowest BCUT2D eigenvalue weighted by atomic mass is 10.0. The van der Waals surface area contributed by atoms with Gasteiger partial charge >= 0.3 is 0 Å². The Morgan fingerprint density at radius 1 is 1.12 bits per heavy atom. The zero-order valence-electron chi connectivity index (χ0n) is 19.1. The number of nitrogens with zero attached hydrogens (tertiary/aromatic N) is 1. The molecule has 3 N–H and O–H groups in total. The van der Waals surface area contributed by atoms with Crippen molar-refractivity contribution < 1.29 is 22.9 Å². The Bertz CT molecular complexity index is 1140. The van der Waals surface area contributed by atoms with Crippen LogP contribution < -0.4 is 15.5 Å². The maximum Gasteiger partial charge on any atom is 0.256 e. The zero-order chi connectivity index (χ0) is 23.6. The predicted molar refractivity (Wildman–Crippen MR) is 128 cm³/mol. The van der Waals surface area contributed by atoms with Crippen LogP contribution in [-0.4, -0.2) is 57.8 Å². The first-order valence-electron chi connectivity index (χ1n) is 11.5. The second kappa shape index (κ2) is 9.92. The fourth-order valence-electron chi connectivity index (χ4n) is 4.59. The minimum absolute atomic E-state index is 0.192. The highest BCUT2D eigenvalue weighted by Crippen LogP contribution is 2.35. The van der Waals surface area contributed by atoms with Crippen molar-refractivity contribution >= 4 is 38.2 Å². The first kappa shape index (κ1) is 23.9. The van der Waals surface area contributed by atoms with E-state index in [0.717, 1.165) is 55.8 Å². The van der Waals surface area contributed by atoms with Gasteiger partial charge in [0.05, 0.1) is 28.4 Å². The van der Waals surface area contributed by atoms with Gasteiger partial charge in [-0.3, -0.25) is 9.59 Å². The molecule has 2 aromatic rings. The van der Waals surface area contributed by atoms with E-state index in [9.17, 15) is 18.0 Å². The summed E-state index contributed by atoms with van der Waals surface area (Å²) in [5, 5.41) is 6.16. The van der Waals surface area contributed by atoms with Gasteiger partial charge in [0, 0.05) is 32.1 Å². The number of hydrogen-bond acceptors (Lipinski definition) is 5. The highest BCUT2D eigenvalue weighted by Gasteiger charge is 2.30. The summed E-state index contributed by atoms with van der Waals surface area (Å²) in [7, 11) is -1.93. The smallest absolute Gasteiger partial charge is 0.256 e. The monoisotopic (exact) mass is 491 g/mol. The Balaban J connectivity index is 1.55. The van der Waals surface area contributed by atoms with Gasteiger partial charge in [-0.15, -0.1) is 11.3 Å².